The summed E-state index contributed by atoms with van der Waals surface area (Å²) in [5, 5.41) is 10.8. The van der Waals surface area contributed by atoms with Crippen LogP contribution < -0.4 is 5.32 Å². The highest BCUT2D eigenvalue weighted by Crippen LogP contribution is 2.22. The summed E-state index contributed by atoms with van der Waals surface area (Å²) in [5.74, 6) is 0. The molecule has 0 aliphatic carbocycles. The van der Waals surface area contributed by atoms with Crippen molar-refractivity contribution in [1.29, 1.82) is 0 Å². The Kier molecular flexibility index (Phi) is 4.66. The van der Waals surface area contributed by atoms with Crippen LogP contribution in [0.4, 0.5) is 0 Å². The Morgan fingerprint density at radius 2 is 2.00 bits per heavy atom. The summed E-state index contributed by atoms with van der Waals surface area (Å²) < 4.78 is 0.261. The van der Waals surface area contributed by atoms with Crippen LogP contribution in [0, 0.1) is 0 Å². The Balaban J connectivity index is 2.01. The zero-order valence-corrected chi connectivity index (χ0v) is 12.6. The van der Waals surface area contributed by atoms with E-state index in [0.29, 0.717) is 0 Å². The van der Waals surface area contributed by atoms with E-state index in [4.69, 9.17) is 0 Å². The first-order valence-electron chi connectivity index (χ1n) is 6.46. The molecule has 2 N–H and O–H groups in total. The molecule has 2 aromatic rings. The Morgan fingerprint density at radius 3 is 2.68 bits per heavy atom. The first-order chi connectivity index (χ1) is 9.12. The van der Waals surface area contributed by atoms with Crippen LogP contribution in [-0.2, 0) is 6.54 Å². The van der Waals surface area contributed by atoms with Gasteiger partial charge >= 0.3 is 0 Å². The monoisotopic (exact) mass is 275 g/mol. The maximum Gasteiger partial charge on any atom is 0.0695 e. The number of hydrogen-bond acceptors (Lipinski definition) is 3. The van der Waals surface area contributed by atoms with Crippen molar-refractivity contribution in [3.05, 3.63) is 42.1 Å². The molecule has 2 rings (SSSR count). The number of aromatic nitrogens is 2. The van der Waals surface area contributed by atoms with Gasteiger partial charge in [0.2, 0.25) is 0 Å². The van der Waals surface area contributed by atoms with Gasteiger partial charge in [0, 0.05) is 23.4 Å². The van der Waals surface area contributed by atoms with Crippen LogP contribution >= 0.6 is 11.8 Å². The molecule has 0 bridgehead atoms. The molecule has 1 aromatic heterocycles. The van der Waals surface area contributed by atoms with Crippen molar-refractivity contribution in [2.75, 3.05) is 12.8 Å². The zero-order valence-electron chi connectivity index (χ0n) is 11.7. The molecule has 102 valence electrons. The highest BCUT2D eigenvalue weighted by molar-refractivity contribution is 7.99. The summed E-state index contributed by atoms with van der Waals surface area (Å²) in [5.41, 5.74) is 3.50. The second-order valence-electron chi connectivity index (χ2n) is 5.20. The number of nitrogens with zero attached hydrogens (tertiary/aromatic N) is 1. The Morgan fingerprint density at radius 1 is 1.26 bits per heavy atom. The molecule has 4 heteroatoms. The van der Waals surface area contributed by atoms with E-state index in [1.807, 2.05) is 36.2 Å². The fraction of sp³-hybridized carbons (Fsp3) is 0.400. The Bertz CT molecular complexity index is 505. The molecule has 0 amide bonds. The largest absolute Gasteiger partial charge is 0.311 e. The van der Waals surface area contributed by atoms with Crippen LogP contribution in [0.2, 0.25) is 0 Å². The zero-order chi connectivity index (χ0) is 13.7. The van der Waals surface area contributed by atoms with Crippen molar-refractivity contribution >= 4 is 11.8 Å². The van der Waals surface area contributed by atoms with E-state index >= 15 is 0 Å². The Labute approximate surface area is 119 Å². The van der Waals surface area contributed by atoms with Crippen molar-refractivity contribution in [1.82, 2.24) is 15.5 Å². The normalized spacial score (nSPS) is 11.7. The third-order valence-electron chi connectivity index (χ3n) is 3.20. The average Bonchev–Trinajstić information content (AvgIpc) is 2.88. The van der Waals surface area contributed by atoms with E-state index in [1.54, 1.807) is 0 Å². The molecular formula is C15H21N3S. The molecule has 0 fully saturated rings. The van der Waals surface area contributed by atoms with Crippen LogP contribution in [0.5, 0.6) is 0 Å². The van der Waals surface area contributed by atoms with Gasteiger partial charge in [0.25, 0.3) is 0 Å². The summed E-state index contributed by atoms with van der Waals surface area (Å²) in [6.07, 6.45) is 4.05. The minimum Gasteiger partial charge on any atom is -0.311 e. The third-order valence-corrected chi connectivity index (χ3v) is 4.45. The fourth-order valence-electron chi connectivity index (χ4n) is 1.87. The number of nitrogens with one attached hydrogen (secondary N) is 2. The first-order valence-corrected chi connectivity index (χ1v) is 7.68. The van der Waals surface area contributed by atoms with Gasteiger partial charge in [0.1, 0.15) is 0 Å². The molecular weight excluding hydrogens is 254 g/mol. The van der Waals surface area contributed by atoms with Gasteiger partial charge in [0.15, 0.2) is 0 Å². The molecule has 0 radical (unpaired) electrons. The molecule has 0 saturated heterocycles. The van der Waals surface area contributed by atoms with Gasteiger partial charge in [-0.15, -0.1) is 0 Å². The van der Waals surface area contributed by atoms with Gasteiger partial charge in [-0.25, -0.2) is 0 Å². The second-order valence-corrected chi connectivity index (χ2v) is 6.72. The smallest absolute Gasteiger partial charge is 0.0695 e. The molecule has 1 aromatic carbocycles. The van der Waals surface area contributed by atoms with Crippen LogP contribution in [0.15, 0.2) is 36.5 Å². The van der Waals surface area contributed by atoms with Crippen molar-refractivity contribution in [3.8, 4) is 11.3 Å². The van der Waals surface area contributed by atoms with E-state index in [-0.39, 0.29) is 4.75 Å². The van der Waals surface area contributed by atoms with Crippen LogP contribution in [0.25, 0.3) is 11.3 Å². The first kappa shape index (κ1) is 14.2. The maximum atomic E-state index is 4.16. The Hall–Kier alpha value is -1.26. The number of H-pyrrole nitrogens is 1. The topological polar surface area (TPSA) is 40.7 Å². The van der Waals surface area contributed by atoms with Gasteiger partial charge in [0.05, 0.1) is 11.9 Å². The van der Waals surface area contributed by atoms with Gasteiger partial charge in [-0.05, 0) is 25.7 Å². The average molecular weight is 275 g/mol. The molecule has 1 heterocycles. The van der Waals surface area contributed by atoms with E-state index in [0.717, 1.165) is 18.8 Å². The van der Waals surface area contributed by atoms with Crippen LogP contribution in [-0.4, -0.2) is 27.7 Å². The van der Waals surface area contributed by atoms with Crippen LogP contribution in [0.3, 0.4) is 0 Å². The third kappa shape index (κ3) is 3.85. The van der Waals surface area contributed by atoms with E-state index < -0.39 is 0 Å². The summed E-state index contributed by atoms with van der Waals surface area (Å²) >= 11 is 1.88. The predicted octanol–water partition coefficient (Wildman–Crippen LogP) is 3.31. The fourth-order valence-corrected chi connectivity index (χ4v) is 2.12. The van der Waals surface area contributed by atoms with E-state index in [1.165, 1.54) is 11.1 Å². The second kappa shape index (κ2) is 6.26. The minimum atomic E-state index is 0.261. The molecule has 19 heavy (non-hydrogen) atoms. The lowest BCUT2D eigenvalue weighted by molar-refractivity contribution is 0.591. The molecule has 0 unspecified atom stereocenters. The van der Waals surface area contributed by atoms with Gasteiger partial charge < -0.3 is 5.32 Å². The van der Waals surface area contributed by atoms with Crippen molar-refractivity contribution < 1.29 is 0 Å². The van der Waals surface area contributed by atoms with Crippen LogP contribution in [0.1, 0.15) is 19.4 Å². The molecule has 0 aliphatic heterocycles. The van der Waals surface area contributed by atoms with E-state index in [9.17, 15) is 0 Å². The number of benzene rings is 1. The molecule has 3 nitrogen and oxygen atoms in total. The maximum absolute atomic E-state index is 4.16. The highest BCUT2D eigenvalue weighted by Gasteiger charge is 2.15. The number of thioether (sulfide) groups is 1. The standard InChI is InChI=1S/C15H21N3S/c1-15(2,19-3)11-16-9-13-10-17-18-14(13)12-7-5-4-6-8-12/h4-8,10,16H,9,11H2,1-3H3,(H,17,18). The van der Waals surface area contributed by atoms with E-state index in [2.05, 4.69) is 47.8 Å². The van der Waals surface area contributed by atoms with Crippen molar-refractivity contribution in [3.63, 3.8) is 0 Å². The number of rotatable bonds is 6. The summed E-state index contributed by atoms with van der Waals surface area (Å²) in [4.78, 5) is 0. The highest BCUT2D eigenvalue weighted by atomic mass is 32.2. The molecule has 0 spiro atoms. The summed E-state index contributed by atoms with van der Waals surface area (Å²) in [6.45, 7) is 6.31. The van der Waals surface area contributed by atoms with Crippen molar-refractivity contribution in [2.45, 2.75) is 25.1 Å². The summed E-state index contributed by atoms with van der Waals surface area (Å²) in [7, 11) is 0. The summed E-state index contributed by atoms with van der Waals surface area (Å²) in [6, 6.07) is 10.3. The number of hydrogen-bond donors (Lipinski definition) is 2. The minimum absolute atomic E-state index is 0.261. The lowest BCUT2D eigenvalue weighted by Crippen LogP contribution is -2.31. The van der Waals surface area contributed by atoms with Gasteiger partial charge in [-0.2, -0.15) is 16.9 Å². The molecule has 0 aliphatic rings. The molecule has 0 saturated carbocycles. The number of aromatic amines is 1. The van der Waals surface area contributed by atoms with Crippen molar-refractivity contribution in [2.24, 2.45) is 0 Å². The molecule has 0 atom stereocenters. The quantitative estimate of drug-likeness (QED) is 0.850. The lowest BCUT2D eigenvalue weighted by atomic mass is 10.1. The van der Waals surface area contributed by atoms with Gasteiger partial charge in [-0.3, -0.25) is 5.10 Å². The SMILES string of the molecule is CSC(C)(C)CNCc1cn[nH]c1-c1ccccc1. The lowest BCUT2D eigenvalue weighted by Gasteiger charge is -2.22. The van der Waals surface area contributed by atoms with Gasteiger partial charge in [-0.1, -0.05) is 30.3 Å². The predicted molar refractivity (Wildman–Crippen MR) is 83.3 cm³/mol.